The number of methoxy groups -OCH3 is 1. The Bertz CT molecular complexity index is 1240. The first-order valence-corrected chi connectivity index (χ1v) is 13.9. The Kier molecular flexibility index (Phi) is 9.53. The number of aliphatic hydroxyl groups excluding tert-OH is 1. The Balaban J connectivity index is 1.34. The Morgan fingerprint density at radius 3 is 2.64 bits per heavy atom. The topological polar surface area (TPSA) is 89.2 Å². The van der Waals surface area contributed by atoms with Crippen molar-refractivity contribution in [2.75, 3.05) is 33.4 Å². The van der Waals surface area contributed by atoms with E-state index in [2.05, 4.69) is 27.4 Å². The third-order valence-electron chi connectivity index (χ3n) is 7.73. The number of likely N-dealkylation sites (tertiary alicyclic amines) is 1. The van der Waals surface area contributed by atoms with Crippen LogP contribution in [0.3, 0.4) is 0 Å². The van der Waals surface area contributed by atoms with Crippen molar-refractivity contribution in [1.82, 2.24) is 14.5 Å². The van der Waals surface area contributed by atoms with Crippen molar-refractivity contribution < 1.29 is 24.4 Å². The van der Waals surface area contributed by atoms with Crippen LogP contribution in [0.1, 0.15) is 47.8 Å². The van der Waals surface area contributed by atoms with E-state index < -0.39 is 11.7 Å². The number of β-amino-alcohol motifs (C(OH)–C–C–N with tert-alkyl or cyclic N) is 1. The van der Waals surface area contributed by atoms with Crippen molar-refractivity contribution in [2.45, 2.75) is 71.8 Å². The highest BCUT2D eigenvalue weighted by atomic mass is 16.5. The van der Waals surface area contributed by atoms with Gasteiger partial charge in [0, 0.05) is 45.0 Å². The first-order valence-electron chi connectivity index (χ1n) is 13.9. The van der Waals surface area contributed by atoms with E-state index in [4.69, 9.17) is 14.2 Å². The van der Waals surface area contributed by atoms with Crippen molar-refractivity contribution in [2.24, 2.45) is 0 Å². The maximum absolute atomic E-state index is 11.4. The van der Waals surface area contributed by atoms with E-state index >= 15 is 0 Å². The van der Waals surface area contributed by atoms with E-state index in [1.54, 1.807) is 7.11 Å². The molecule has 1 saturated heterocycles. The van der Waals surface area contributed by atoms with Gasteiger partial charge in [-0.3, -0.25) is 4.90 Å². The predicted molar refractivity (Wildman–Crippen MR) is 152 cm³/mol. The number of rotatable bonds is 12. The van der Waals surface area contributed by atoms with Crippen LogP contribution in [-0.4, -0.2) is 69.8 Å². The Morgan fingerprint density at radius 2 is 1.87 bits per heavy atom. The zero-order chi connectivity index (χ0) is 28.0. The molecule has 1 aliphatic heterocycles. The highest BCUT2D eigenvalue weighted by molar-refractivity contribution is 5.45. The van der Waals surface area contributed by atoms with Crippen molar-refractivity contribution >= 4 is 0 Å². The molecule has 0 amide bonds. The lowest BCUT2D eigenvalue weighted by Crippen LogP contribution is -2.59. The van der Waals surface area contributed by atoms with Gasteiger partial charge in [0.2, 0.25) is 0 Å². The van der Waals surface area contributed by atoms with Crippen LogP contribution in [-0.2, 0) is 19.5 Å². The molecule has 0 spiro atoms. The molecular weight excluding hydrogens is 494 g/mol. The van der Waals surface area contributed by atoms with Gasteiger partial charge in [-0.25, -0.2) is 4.98 Å². The van der Waals surface area contributed by atoms with E-state index in [1.165, 1.54) is 0 Å². The van der Waals surface area contributed by atoms with Gasteiger partial charge in [-0.15, -0.1) is 0 Å². The monoisotopic (exact) mass is 537 g/mol. The van der Waals surface area contributed by atoms with Crippen LogP contribution in [0.25, 0.3) is 0 Å². The van der Waals surface area contributed by atoms with E-state index in [0.29, 0.717) is 44.2 Å². The van der Waals surface area contributed by atoms with Crippen molar-refractivity contribution in [3.8, 4) is 17.2 Å². The quantitative estimate of drug-likeness (QED) is 0.334. The predicted octanol–water partition coefficient (Wildman–Crippen LogP) is 4.23. The van der Waals surface area contributed by atoms with Gasteiger partial charge in [-0.2, -0.15) is 0 Å². The molecule has 0 saturated carbocycles. The zero-order valence-corrected chi connectivity index (χ0v) is 23.9. The minimum Gasteiger partial charge on any atom is -0.493 e. The maximum Gasteiger partial charge on any atom is 0.161 e. The molecule has 8 heteroatoms. The van der Waals surface area contributed by atoms with Gasteiger partial charge >= 0.3 is 0 Å². The smallest absolute Gasteiger partial charge is 0.161 e. The third-order valence-corrected chi connectivity index (χ3v) is 7.73. The van der Waals surface area contributed by atoms with Crippen LogP contribution in [0.5, 0.6) is 17.2 Å². The number of benzene rings is 2. The maximum atomic E-state index is 11.4. The number of piperidine rings is 1. The fourth-order valence-electron chi connectivity index (χ4n) is 5.23. The summed E-state index contributed by atoms with van der Waals surface area (Å²) in [6.07, 6.45) is 5.25. The third kappa shape index (κ3) is 6.93. The standard InChI is InChI=1S/C31H43N3O5/c1-6-29-32-13-16-34(29)14-7-17-38-26-11-10-25(18-27(26)37-5)19-33-15-12-28(35)31(36,20-33)21-39-30-23(3)9-8-22(2)24(30)4/h8-11,13,16,18,28,35-36H,6-7,12,14-15,17,19-21H2,1-5H3/t28-,31-/m0/s1. The molecule has 2 N–H and O–H groups in total. The first-order chi connectivity index (χ1) is 18.7. The largest absolute Gasteiger partial charge is 0.493 e. The van der Waals surface area contributed by atoms with Gasteiger partial charge in [0.1, 0.15) is 23.8 Å². The highest BCUT2D eigenvalue weighted by Gasteiger charge is 2.42. The van der Waals surface area contributed by atoms with Gasteiger partial charge in [0.25, 0.3) is 0 Å². The molecule has 0 aliphatic carbocycles. The fourth-order valence-corrected chi connectivity index (χ4v) is 5.23. The molecule has 0 bridgehead atoms. The van der Waals surface area contributed by atoms with Gasteiger partial charge < -0.3 is 29.0 Å². The van der Waals surface area contributed by atoms with E-state index in [9.17, 15) is 10.2 Å². The molecule has 2 aromatic carbocycles. The summed E-state index contributed by atoms with van der Waals surface area (Å²) in [4.78, 5) is 6.52. The molecule has 39 heavy (non-hydrogen) atoms. The van der Waals surface area contributed by atoms with Crippen molar-refractivity contribution in [1.29, 1.82) is 0 Å². The second kappa shape index (κ2) is 12.9. The summed E-state index contributed by atoms with van der Waals surface area (Å²) in [5.74, 6) is 3.26. The summed E-state index contributed by atoms with van der Waals surface area (Å²) in [7, 11) is 1.65. The molecule has 2 heterocycles. The van der Waals surface area contributed by atoms with Crippen LogP contribution in [0.4, 0.5) is 0 Å². The Hall–Kier alpha value is -3.07. The normalized spacial score (nSPS) is 19.7. The molecular formula is C31H43N3O5. The van der Waals surface area contributed by atoms with Gasteiger partial charge in [0.05, 0.1) is 19.8 Å². The lowest BCUT2D eigenvalue weighted by Gasteiger charge is -2.42. The summed E-state index contributed by atoms with van der Waals surface area (Å²) in [5, 5.41) is 22.1. The van der Waals surface area contributed by atoms with Crippen molar-refractivity contribution in [3.63, 3.8) is 0 Å². The molecule has 2 atom stereocenters. The number of ether oxygens (including phenoxy) is 3. The molecule has 1 aliphatic rings. The number of aromatic nitrogens is 2. The molecule has 0 unspecified atom stereocenters. The second-order valence-electron chi connectivity index (χ2n) is 10.6. The number of aryl methyl sites for hydroxylation is 4. The summed E-state index contributed by atoms with van der Waals surface area (Å²) in [6, 6.07) is 10.1. The van der Waals surface area contributed by atoms with Gasteiger partial charge in [-0.1, -0.05) is 25.1 Å². The number of nitrogens with zero attached hydrogens (tertiary/aromatic N) is 3. The molecule has 0 radical (unpaired) electrons. The SMILES string of the molecule is CCc1nccn1CCCOc1ccc(CN2CC[C@H](O)[C@@](O)(COc3c(C)ccc(C)c3C)C2)cc1OC. The summed E-state index contributed by atoms with van der Waals surface area (Å²) < 4.78 is 19.9. The molecule has 3 aromatic rings. The average Bonchev–Trinajstić information content (AvgIpc) is 3.39. The average molecular weight is 538 g/mol. The number of hydrogen-bond acceptors (Lipinski definition) is 7. The van der Waals surface area contributed by atoms with Crippen LogP contribution >= 0.6 is 0 Å². The van der Waals surface area contributed by atoms with Crippen LogP contribution in [0.15, 0.2) is 42.7 Å². The molecule has 212 valence electrons. The minimum atomic E-state index is -1.36. The van der Waals surface area contributed by atoms with Gasteiger partial charge in [-0.05, 0) is 68.0 Å². The van der Waals surface area contributed by atoms with E-state index in [0.717, 1.165) is 53.2 Å². The number of aliphatic hydroxyl groups is 2. The van der Waals surface area contributed by atoms with Crippen molar-refractivity contribution in [3.05, 3.63) is 70.8 Å². The molecule has 8 nitrogen and oxygen atoms in total. The first kappa shape index (κ1) is 28.9. The number of hydrogen-bond donors (Lipinski definition) is 2. The Labute approximate surface area is 232 Å². The molecule has 1 aromatic heterocycles. The fraction of sp³-hybridized carbons (Fsp3) is 0.516. The lowest BCUT2D eigenvalue weighted by molar-refractivity contribution is -0.140. The lowest BCUT2D eigenvalue weighted by atomic mass is 9.90. The van der Waals surface area contributed by atoms with E-state index in [1.807, 2.05) is 57.4 Å². The summed E-state index contributed by atoms with van der Waals surface area (Å²) >= 11 is 0. The van der Waals surface area contributed by atoms with Crippen LogP contribution in [0, 0.1) is 20.8 Å². The van der Waals surface area contributed by atoms with Gasteiger partial charge in [0.15, 0.2) is 11.5 Å². The molecule has 1 fully saturated rings. The van der Waals surface area contributed by atoms with Crippen LogP contribution in [0.2, 0.25) is 0 Å². The highest BCUT2D eigenvalue weighted by Crippen LogP contribution is 2.31. The zero-order valence-electron chi connectivity index (χ0n) is 23.9. The molecule has 4 rings (SSSR count). The number of imidazole rings is 1. The minimum absolute atomic E-state index is 0.0325. The Morgan fingerprint density at radius 1 is 1.08 bits per heavy atom. The van der Waals surface area contributed by atoms with Crippen LogP contribution < -0.4 is 14.2 Å². The van der Waals surface area contributed by atoms with E-state index in [-0.39, 0.29) is 6.61 Å². The summed E-state index contributed by atoms with van der Waals surface area (Å²) in [6.45, 7) is 11.3. The summed E-state index contributed by atoms with van der Waals surface area (Å²) in [5.41, 5.74) is 2.91. The second-order valence-corrected chi connectivity index (χ2v) is 10.6.